The van der Waals surface area contributed by atoms with Crippen LogP contribution < -0.4 is 5.32 Å². The number of halogens is 1. The number of para-hydroxylation sites is 1. The van der Waals surface area contributed by atoms with E-state index in [-0.39, 0.29) is 5.91 Å². The molecule has 0 aromatic heterocycles. The molecule has 0 unspecified atom stereocenters. The van der Waals surface area contributed by atoms with Gasteiger partial charge in [-0.2, -0.15) is 0 Å². The highest BCUT2D eigenvalue weighted by molar-refractivity contribution is 6.31. The first-order chi connectivity index (χ1) is 9.25. The number of amides is 1. The summed E-state index contributed by atoms with van der Waals surface area (Å²) < 4.78 is 0. The molecule has 19 heavy (non-hydrogen) atoms. The minimum atomic E-state index is 0.0400. The summed E-state index contributed by atoms with van der Waals surface area (Å²) in [6, 6.07) is 17.2. The molecule has 2 nitrogen and oxygen atoms in total. The van der Waals surface area contributed by atoms with E-state index >= 15 is 0 Å². The molecule has 98 valence electrons. The van der Waals surface area contributed by atoms with Crippen molar-refractivity contribution < 1.29 is 4.79 Å². The van der Waals surface area contributed by atoms with Crippen LogP contribution in [0.2, 0.25) is 5.02 Å². The molecule has 0 aliphatic rings. The molecule has 2 aromatic carbocycles. The lowest BCUT2D eigenvalue weighted by Gasteiger charge is -2.06. The van der Waals surface area contributed by atoms with E-state index in [1.165, 1.54) is 0 Å². The van der Waals surface area contributed by atoms with Crippen molar-refractivity contribution in [3.8, 4) is 0 Å². The molecule has 0 radical (unpaired) electrons. The highest BCUT2D eigenvalue weighted by Crippen LogP contribution is 2.17. The minimum absolute atomic E-state index is 0.0400. The van der Waals surface area contributed by atoms with Crippen LogP contribution in [0.5, 0.6) is 0 Å². The smallest absolute Gasteiger partial charge is 0.224 e. The van der Waals surface area contributed by atoms with Gasteiger partial charge >= 0.3 is 0 Å². The summed E-state index contributed by atoms with van der Waals surface area (Å²) >= 11 is 6.07. The normalized spacial score (nSPS) is 10.2. The average Bonchev–Trinajstić information content (AvgIpc) is 2.42. The van der Waals surface area contributed by atoms with Gasteiger partial charge in [0.2, 0.25) is 5.91 Å². The lowest BCUT2D eigenvalue weighted by molar-refractivity contribution is -0.116. The summed E-state index contributed by atoms with van der Waals surface area (Å²) in [4.78, 5) is 11.7. The van der Waals surface area contributed by atoms with Crippen molar-refractivity contribution in [3.05, 3.63) is 65.2 Å². The monoisotopic (exact) mass is 273 g/mol. The van der Waals surface area contributed by atoms with Gasteiger partial charge < -0.3 is 5.32 Å². The molecule has 1 N–H and O–H groups in total. The van der Waals surface area contributed by atoms with Crippen molar-refractivity contribution in [2.24, 2.45) is 0 Å². The summed E-state index contributed by atoms with van der Waals surface area (Å²) in [6.45, 7) is 0. The van der Waals surface area contributed by atoms with Crippen LogP contribution in [0.3, 0.4) is 0 Å². The molecule has 0 saturated heterocycles. The summed E-state index contributed by atoms with van der Waals surface area (Å²) in [5.74, 6) is 0.0400. The van der Waals surface area contributed by atoms with Gasteiger partial charge in [0, 0.05) is 17.1 Å². The van der Waals surface area contributed by atoms with Crippen molar-refractivity contribution in [2.75, 3.05) is 5.32 Å². The number of benzene rings is 2. The Morgan fingerprint density at radius 3 is 2.42 bits per heavy atom. The maximum absolute atomic E-state index is 11.7. The van der Waals surface area contributed by atoms with E-state index in [1.54, 1.807) is 0 Å². The van der Waals surface area contributed by atoms with Crippen LogP contribution in [0.15, 0.2) is 54.6 Å². The van der Waals surface area contributed by atoms with Gasteiger partial charge in [0.05, 0.1) is 0 Å². The van der Waals surface area contributed by atoms with Crippen LogP contribution in [-0.2, 0) is 11.2 Å². The van der Waals surface area contributed by atoms with Crippen LogP contribution in [0.25, 0.3) is 0 Å². The Balaban J connectivity index is 1.77. The SMILES string of the molecule is O=C(CCCc1ccccc1Cl)Nc1ccccc1. The van der Waals surface area contributed by atoms with Crippen LogP contribution in [0, 0.1) is 0 Å². The zero-order valence-electron chi connectivity index (χ0n) is 10.6. The molecule has 2 rings (SSSR count). The average molecular weight is 274 g/mol. The Morgan fingerprint density at radius 1 is 1.00 bits per heavy atom. The van der Waals surface area contributed by atoms with Gasteiger partial charge in [0.1, 0.15) is 0 Å². The number of hydrogen-bond donors (Lipinski definition) is 1. The molecule has 0 aliphatic carbocycles. The van der Waals surface area contributed by atoms with Gasteiger partial charge in [-0.1, -0.05) is 48.0 Å². The van der Waals surface area contributed by atoms with Crippen molar-refractivity contribution in [1.29, 1.82) is 0 Å². The fraction of sp³-hybridized carbons (Fsp3) is 0.188. The highest BCUT2D eigenvalue weighted by Gasteiger charge is 2.04. The Bertz CT molecular complexity index is 539. The third kappa shape index (κ3) is 4.42. The third-order valence-electron chi connectivity index (χ3n) is 2.87. The molecule has 0 heterocycles. The summed E-state index contributed by atoms with van der Waals surface area (Å²) in [5, 5.41) is 3.64. The number of rotatable bonds is 5. The fourth-order valence-electron chi connectivity index (χ4n) is 1.89. The number of hydrogen-bond acceptors (Lipinski definition) is 1. The number of anilines is 1. The fourth-order valence-corrected chi connectivity index (χ4v) is 2.12. The van der Waals surface area contributed by atoms with Crippen LogP contribution >= 0.6 is 11.6 Å². The predicted molar refractivity (Wildman–Crippen MR) is 79.5 cm³/mol. The molecule has 0 atom stereocenters. The van der Waals surface area contributed by atoms with E-state index in [9.17, 15) is 4.79 Å². The molecule has 3 heteroatoms. The molecule has 2 aromatic rings. The quantitative estimate of drug-likeness (QED) is 0.864. The standard InChI is InChI=1S/C16H16ClNO/c17-15-11-5-4-7-13(15)8-6-12-16(19)18-14-9-2-1-3-10-14/h1-5,7,9-11H,6,8,12H2,(H,18,19). The Hall–Kier alpha value is -1.80. The van der Waals surface area contributed by atoms with E-state index in [0.717, 1.165) is 29.1 Å². The van der Waals surface area contributed by atoms with E-state index in [2.05, 4.69) is 5.32 Å². The van der Waals surface area contributed by atoms with E-state index in [0.29, 0.717) is 6.42 Å². The largest absolute Gasteiger partial charge is 0.326 e. The van der Waals surface area contributed by atoms with Crippen LogP contribution in [0.4, 0.5) is 5.69 Å². The van der Waals surface area contributed by atoms with E-state index < -0.39 is 0 Å². The topological polar surface area (TPSA) is 29.1 Å². The predicted octanol–water partition coefficient (Wildman–Crippen LogP) is 4.30. The number of carbonyl (C=O) groups is 1. The maximum atomic E-state index is 11.7. The molecule has 0 bridgehead atoms. The summed E-state index contributed by atoms with van der Waals surface area (Å²) in [5.41, 5.74) is 1.93. The summed E-state index contributed by atoms with van der Waals surface area (Å²) in [6.07, 6.45) is 2.12. The van der Waals surface area contributed by atoms with E-state index in [4.69, 9.17) is 11.6 Å². The molecule has 1 amide bonds. The first kappa shape index (κ1) is 13.6. The summed E-state index contributed by atoms with van der Waals surface area (Å²) in [7, 11) is 0. The number of nitrogens with one attached hydrogen (secondary N) is 1. The molecule has 0 saturated carbocycles. The lowest BCUT2D eigenvalue weighted by Crippen LogP contribution is -2.11. The molecular formula is C16H16ClNO. The third-order valence-corrected chi connectivity index (χ3v) is 3.23. The molecular weight excluding hydrogens is 258 g/mol. The minimum Gasteiger partial charge on any atom is -0.326 e. The maximum Gasteiger partial charge on any atom is 0.224 e. The number of aryl methyl sites for hydroxylation is 1. The Kier molecular flexibility index (Phi) is 4.99. The second-order valence-electron chi connectivity index (χ2n) is 4.36. The zero-order chi connectivity index (χ0) is 13.5. The first-order valence-electron chi connectivity index (χ1n) is 6.34. The van der Waals surface area contributed by atoms with Gasteiger partial charge in [-0.15, -0.1) is 0 Å². The molecule has 0 aliphatic heterocycles. The van der Waals surface area contributed by atoms with Crippen molar-refractivity contribution in [1.82, 2.24) is 0 Å². The second kappa shape index (κ2) is 6.95. The molecule has 0 fully saturated rings. The highest BCUT2D eigenvalue weighted by atomic mass is 35.5. The lowest BCUT2D eigenvalue weighted by atomic mass is 10.1. The van der Waals surface area contributed by atoms with E-state index in [1.807, 2.05) is 54.6 Å². The van der Waals surface area contributed by atoms with Crippen molar-refractivity contribution in [2.45, 2.75) is 19.3 Å². The second-order valence-corrected chi connectivity index (χ2v) is 4.77. The Labute approximate surface area is 118 Å². The zero-order valence-corrected chi connectivity index (χ0v) is 11.4. The van der Waals surface area contributed by atoms with Crippen molar-refractivity contribution >= 4 is 23.2 Å². The Morgan fingerprint density at radius 2 is 1.68 bits per heavy atom. The van der Waals surface area contributed by atoms with Gasteiger partial charge in [-0.25, -0.2) is 0 Å². The van der Waals surface area contributed by atoms with Gasteiger partial charge in [-0.05, 0) is 36.6 Å². The number of carbonyl (C=O) groups excluding carboxylic acids is 1. The van der Waals surface area contributed by atoms with Gasteiger partial charge in [0.15, 0.2) is 0 Å². The van der Waals surface area contributed by atoms with Crippen molar-refractivity contribution in [3.63, 3.8) is 0 Å². The molecule has 0 spiro atoms. The van der Waals surface area contributed by atoms with Gasteiger partial charge in [-0.3, -0.25) is 4.79 Å². The van der Waals surface area contributed by atoms with Crippen LogP contribution in [0.1, 0.15) is 18.4 Å². The first-order valence-corrected chi connectivity index (χ1v) is 6.72. The van der Waals surface area contributed by atoms with Crippen LogP contribution in [-0.4, -0.2) is 5.91 Å². The van der Waals surface area contributed by atoms with Gasteiger partial charge in [0.25, 0.3) is 0 Å².